The third-order valence-corrected chi connectivity index (χ3v) is 6.17. The molecular formula is C26H17BrF3N3O2. The van der Waals surface area contributed by atoms with Crippen molar-refractivity contribution in [1.29, 1.82) is 5.26 Å². The normalized spacial score (nSPS) is 16.1. The van der Waals surface area contributed by atoms with Crippen LogP contribution in [0.15, 0.2) is 88.5 Å². The van der Waals surface area contributed by atoms with Crippen LogP contribution in [-0.4, -0.2) is 11.8 Å². The minimum atomic E-state index is -4.60. The van der Waals surface area contributed by atoms with Gasteiger partial charge in [0.25, 0.3) is 0 Å². The fourth-order valence-electron chi connectivity index (χ4n) is 3.93. The summed E-state index contributed by atoms with van der Waals surface area (Å²) in [6, 6.07) is 17.9. The molecule has 0 aromatic heterocycles. The molecule has 1 aliphatic heterocycles. The molecule has 1 unspecified atom stereocenters. The van der Waals surface area contributed by atoms with Crippen molar-refractivity contribution < 1.29 is 22.8 Å². The quantitative estimate of drug-likeness (QED) is 0.372. The molecule has 0 radical (unpaired) electrons. The van der Waals surface area contributed by atoms with Crippen LogP contribution in [0.1, 0.15) is 40.0 Å². The van der Waals surface area contributed by atoms with Crippen molar-refractivity contribution in [1.82, 2.24) is 5.32 Å². The number of benzene rings is 3. The largest absolute Gasteiger partial charge is 0.416 e. The van der Waals surface area contributed by atoms with E-state index in [1.165, 1.54) is 19.1 Å². The first-order valence-electron chi connectivity index (χ1n) is 10.4. The summed E-state index contributed by atoms with van der Waals surface area (Å²) < 4.78 is 40.7. The maximum Gasteiger partial charge on any atom is 0.416 e. The number of urea groups is 1. The van der Waals surface area contributed by atoms with Crippen LogP contribution in [0.3, 0.4) is 0 Å². The smallest absolute Gasteiger partial charge is 0.326 e. The molecule has 1 heterocycles. The van der Waals surface area contributed by atoms with Crippen LogP contribution in [0.25, 0.3) is 0 Å². The van der Waals surface area contributed by atoms with Crippen LogP contribution < -0.4 is 10.2 Å². The summed E-state index contributed by atoms with van der Waals surface area (Å²) in [5.41, 5.74) is 0.786. The average Bonchev–Trinajstić information content (AvgIpc) is 2.83. The zero-order valence-electron chi connectivity index (χ0n) is 18.2. The van der Waals surface area contributed by atoms with E-state index in [0.29, 0.717) is 16.7 Å². The molecule has 3 aromatic carbocycles. The van der Waals surface area contributed by atoms with Gasteiger partial charge in [-0.05, 0) is 67.1 Å². The molecule has 9 heteroatoms. The molecule has 176 valence electrons. The summed E-state index contributed by atoms with van der Waals surface area (Å²) in [6.07, 6.45) is -4.60. The highest BCUT2D eigenvalue weighted by Crippen LogP contribution is 2.37. The molecule has 0 fully saturated rings. The second-order valence-corrected chi connectivity index (χ2v) is 8.75. The van der Waals surface area contributed by atoms with Crippen LogP contribution in [0.2, 0.25) is 0 Å². The van der Waals surface area contributed by atoms with Crippen molar-refractivity contribution in [3.05, 3.63) is 111 Å². The number of nitrogens with one attached hydrogen (secondary N) is 1. The van der Waals surface area contributed by atoms with Gasteiger partial charge < -0.3 is 5.32 Å². The number of carbonyl (C=O) groups is 2. The molecule has 5 nitrogen and oxygen atoms in total. The first-order chi connectivity index (χ1) is 16.6. The Morgan fingerprint density at radius 2 is 1.71 bits per heavy atom. The third-order valence-electron chi connectivity index (χ3n) is 5.64. The van der Waals surface area contributed by atoms with Crippen LogP contribution in [-0.2, 0) is 6.18 Å². The Morgan fingerprint density at radius 3 is 2.31 bits per heavy atom. The van der Waals surface area contributed by atoms with E-state index in [0.717, 1.165) is 21.5 Å². The molecule has 3 aromatic rings. The fourth-order valence-corrected chi connectivity index (χ4v) is 4.19. The summed E-state index contributed by atoms with van der Waals surface area (Å²) in [7, 11) is 0. The number of hydrogen-bond donors (Lipinski definition) is 1. The van der Waals surface area contributed by atoms with Gasteiger partial charge in [-0.3, -0.25) is 9.69 Å². The maximum absolute atomic E-state index is 13.7. The number of nitrogens with zero attached hydrogens (tertiary/aromatic N) is 2. The van der Waals surface area contributed by atoms with Gasteiger partial charge in [0.2, 0.25) is 0 Å². The van der Waals surface area contributed by atoms with Gasteiger partial charge in [0.05, 0.1) is 28.9 Å². The van der Waals surface area contributed by atoms with E-state index in [1.807, 2.05) is 6.07 Å². The molecule has 0 saturated carbocycles. The number of rotatable bonds is 4. The minimum absolute atomic E-state index is 0.0193. The van der Waals surface area contributed by atoms with E-state index in [1.54, 1.807) is 48.5 Å². The number of nitriles is 1. The van der Waals surface area contributed by atoms with Crippen molar-refractivity contribution in [2.45, 2.75) is 19.1 Å². The highest BCUT2D eigenvalue weighted by atomic mass is 79.9. The Morgan fingerprint density at radius 1 is 1.06 bits per heavy atom. The molecule has 4 rings (SSSR count). The number of Topliss-reactive ketones (excluding diaryl/α,β-unsaturated/α-hetero) is 1. The fraction of sp³-hybridized carbons (Fsp3) is 0.115. The van der Waals surface area contributed by atoms with Gasteiger partial charge in [-0.15, -0.1) is 0 Å². The molecule has 0 aliphatic carbocycles. The predicted octanol–water partition coefficient (Wildman–Crippen LogP) is 6.77. The van der Waals surface area contributed by atoms with E-state index >= 15 is 0 Å². The third kappa shape index (κ3) is 4.84. The number of carbonyl (C=O) groups excluding carboxylic acids is 2. The maximum atomic E-state index is 13.7. The van der Waals surface area contributed by atoms with Gasteiger partial charge in [0, 0.05) is 21.3 Å². The topological polar surface area (TPSA) is 73.2 Å². The van der Waals surface area contributed by atoms with Gasteiger partial charge in [0.15, 0.2) is 5.78 Å². The standard InChI is InChI=1S/C26H17BrF3N3O2/c1-15-22(24(34)18-9-11-20(27)12-10-18)23(17-7-5-16(14-31)6-8-17)32-25(35)33(15)21-4-2-3-19(13-21)26(28,29)30/h2-13,23H,1H3,(H,32,35). The molecule has 2 amide bonds. The number of hydrogen-bond acceptors (Lipinski definition) is 3. The molecule has 0 spiro atoms. The second-order valence-electron chi connectivity index (χ2n) is 7.83. The molecule has 1 N–H and O–H groups in total. The highest BCUT2D eigenvalue weighted by Gasteiger charge is 2.38. The summed E-state index contributed by atoms with van der Waals surface area (Å²) in [5, 5.41) is 11.9. The Bertz CT molecular complexity index is 1370. The second kappa shape index (κ2) is 9.39. The van der Waals surface area contributed by atoms with E-state index < -0.39 is 23.8 Å². The monoisotopic (exact) mass is 539 g/mol. The van der Waals surface area contributed by atoms with Crippen molar-refractivity contribution in [2.75, 3.05) is 4.90 Å². The van der Waals surface area contributed by atoms with Crippen molar-refractivity contribution >= 4 is 33.4 Å². The lowest BCUT2D eigenvalue weighted by Crippen LogP contribution is -2.48. The van der Waals surface area contributed by atoms with Crippen molar-refractivity contribution in [3.8, 4) is 6.07 Å². The van der Waals surface area contributed by atoms with Gasteiger partial charge in [0.1, 0.15) is 0 Å². The van der Waals surface area contributed by atoms with Gasteiger partial charge in [-0.25, -0.2) is 4.79 Å². The van der Waals surface area contributed by atoms with Crippen molar-refractivity contribution in [2.24, 2.45) is 0 Å². The molecular weight excluding hydrogens is 523 g/mol. The van der Waals surface area contributed by atoms with E-state index in [4.69, 9.17) is 5.26 Å². The Hall–Kier alpha value is -3.90. The summed E-state index contributed by atoms with van der Waals surface area (Å²) in [6.45, 7) is 1.53. The van der Waals surface area contributed by atoms with Crippen LogP contribution >= 0.6 is 15.9 Å². The molecule has 0 bridgehead atoms. The highest BCUT2D eigenvalue weighted by molar-refractivity contribution is 9.10. The van der Waals surface area contributed by atoms with E-state index in [2.05, 4.69) is 21.2 Å². The van der Waals surface area contributed by atoms with Gasteiger partial charge in [-0.1, -0.05) is 34.1 Å². The van der Waals surface area contributed by atoms with Gasteiger partial charge >= 0.3 is 12.2 Å². The van der Waals surface area contributed by atoms with Gasteiger partial charge in [-0.2, -0.15) is 18.4 Å². The first kappa shape index (κ1) is 24.2. The zero-order valence-corrected chi connectivity index (χ0v) is 19.8. The molecule has 0 saturated heterocycles. The van der Waals surface area contributed by atoms with E-state index in [-0.39, 0.29) is 22.7 Å². The lowest BCUT2D eigenvalue weighted by molar-refractivity contribution is -0.137. The SMILES string of the molecule is CC1=C(C(=O)c2ccc(Br)cc2)C(c2ccc(C#N)cc2)NC(=O)N1c1cccc(C(F)(F)F)c1. The summed E-state index contributed by atoms with van der Waals surface area (Å²) in [5.74, 6) is -0.388. The summed E-state index contributed by atoms with van der Waals surface area (Å²) >= 11 is 3.33. The van der Waals surface area contributed by atoms with Crippen LogP contribution in [0.5, 0.6) is 0 Å². The number of ketones is 1. The predicted molar refractivity (Wildman–Crippen MR) is 128 cm³/mol. The van der Waals surface area contributed by atoms with Crippen LogP contribution in [0.4, 0.5) is 23.7 Å². The van der Waals surface area contributed by atoms with Crippen LogP contribution in [0, 0.1) is 11.3 Å². The Balaban J connectivity index is 1.88. The lowest BCUT2D eigenvalue weighted by atomic mass is 9.88. The first-order valence-corrected chi connectivity index (χ1v) is 11.2. The molecule has 1 atom stereocenters. The summed E-state index contributed by atoms with van der Waals surface area (Å²) in [4.78, 5) is 27.9. The zero-order chi connectivity index (χ0) is 25.3. The van der Waals surface area contributed by atoms with Crippen molar-refractivity contribution in [3.63, 3.8) is 0 Å². The number of anilines is 1. The number of allylic oxidation sites excluding steroid dienone is 1. The number of amides is 2. The van der Waals surface area contributed by atoms with E-state index in [9.17, 15) is 22.8 Å². The number of alkyl halides is 3. The number of halogens is 4. The Kier molecular flexibility index (Phi) is 6.50. The Labute approximate surface area is 207 Å². The minimum Gasteiger partial charge on any atom is -0.326 e. The molecule has 1 aliphatic rings. The molecule has 35 heavy (non-hydrogen) atoms. The lowest BCUT2D eigenvalue weighted by Gasteiger charge is -2.36. The average molecular weight is 540 g/mol.